The molecule has 3 rings (SSSR count). The fourth-order valence-electron chi connectivity index (χ4n) is 2.80. The Bertz CT molecular complexity index is 405. The first-order chi connectivity index (χ1) is 7.74. The van der Waals surface area contributed by atoms with Crippen LogP contribution in [-0.4, -0.2) is 19.2 Å². The van der Waals surface area contributed by atoms with Crippen molar-refractivity contribution in [3.63, 3.8) is 0 Å². The maximum Gasteiger partial charge on any atom is 0.144 e. The maximum atomic E-state index is 5.80. The van der Waals surface area contributed by atoms with Gasteiger partial charge in [0.2, 0.25) is 0 Å². The largest absolute Gasteiger partial charge is 0.489 e. The SMILES string of the molecule is CC1CCN2c3ccc(N)cc3OCC2C1. The average molecular weight is 218 g/mol. The number of piperidine rings is 1. The molecular weight excluding hydrogens is 200 g/mol. The number of benzene rings is 1. The normalized spacial score (nSPS) is 27.9. The van der Waals surface area contributed by atoms with Crippen molar-refractivity contribution in [2.75, 3.05) is 23.8 Å². The van der Waals surface area contributed by atoms with Crippen LogP contribution in [0, 0.1) is 5.92 Å². The summed E-state index contributed by atoms with van der Waals surface area (Å²) >= 11 is 0. The van der Waals surface area contributed by atoms with Gasteiger partial charge in [-0.2, -0.15) is 0 Å². The zero-order valence-corrected chi connectivity index (χ0v) is 9.65. The molecule has 1 aromatic rings. The summed E-state index contributed by atoms with van der Waals surface area (Å²) in [5.74, 6) is 1.77. The van der Waals surface area contributed by atoms with Crippen LogP contribution in [0.15, 0.2) is 18.2 Å². The lowest BCUT2D eigenvalue weighted by atomic mass is 9.91. The van der Waals surface area contributed by atoms with Gasteiger partial charge in [-0.3, -0.25) is 0 Å². The maximum absolute atomic E-state index is 5.80. The monoisotopic (exact) mass is 218 g/mol. The Hall–Kier alpha value is -1.38. The quantitative estimate of drug-likeness (QED) is 0.679. The van der Waals surface area contributed by atoms with Crippen molar-refractivity contribution >= 4 is 11.4 Å². The highest BCUT2D eigenvalue weighted by Crippen LogP contribution is 2.39. The minimum atomic E-state index is 0.555. The van der Waals surface area contributed by atoms with Crippen molar-refractivity contribution in [2.45, 2.75) is 25.8 Å². The highest BCUT2D eigenvalue weighted by molar-refractivity contribution is 5.65. The number of nitrogens with two attached hydrogens (primary N) is 1. The molecule has 2 N–H and O–H groups in total. The number of anilines is 2. The van der Waals surface area contributed by atoms with Crippen molar-refractivity contribution in [1.29, 1.82) is 0 Å². The van der Waals surface area contributed by atoms with E-state index in [9.17, 15) is 0 Å². The van der Waals surface area contributed by atoms with E-state index in [-0.39, 0.29) is 0 Å². The Morgan fingerprint density at radius 3 is 3.19 bits per heavy atom. The van der Waals surface area contributed by atoms with Gasteiger partial charge in [0.05, 0.1) is 11.7 Å². The summed E-state index contributed by atoms with van der Waals surface area (Å²) in [4.78, 5) is 2.48. The van der Waals surface area contributed by atoms with Crippen LogP contribution in [0.5, 0.6) is 5.75 Å². The summed E-state index contributed by atoms with van der Waals surface area (Å²) in [7, 11) is 0. The number of ether oxygens (including phenoxy) is 1. The van der Waals surface area contributed by atoms with Crippen LogP contribution < -0.4 is 15.4 Å². The molecule has 0 amide bonds. The van der Waals surface area contributed by atoms with E-state index >= 15 is 0 Å². The predicted molar refractivity (Wildman–Crippen MR) is 65.9 cm³/mol. The summed E-state index contributed by atoms with van der Waals surface area (Å²) in [6, 6.07) is 6.54. The lowest BCUT2D eigenvalue weighted by molar-refractivity contribution is 0.219. The number of hydrogen-bond donors (Lipinski definition) is 1. The Labute approximate surface area is 96.2 Å². The first kappa shape index (κ1) is 9.82. The molecule has 0 spiro atoms. The van der Waals surface area contributed by atoms with Gasteiger partial charge in [0, 0.05) is 18.3 Å². The van der Waals surface area contributed by atoms with E-state index in [4.69, 9.17) is 10.5 Å². The number of nitrogens with zero attached hydrogens (tertiary/aromatic N) is 1. The number of nitrogen functional groups attached to an aromatic ring is 1. The van der Waals surface area contributed by atoms with Gasteiger partial charge < -0.3 is 15.4 Å². The summed E-state index contributed by atoms with van der Waals surface area (Å²) in [5, 5.41) is 0. The van der Waals surface area contributed by atoms with Crippen LogP contribution in [0.25, 0.3) is 0 Å². The van der Waals surface area contributed by atoms with Gasteiger partial charge in [-0.25, -0.2) is 0 Å². The fourth-order valence-corrected chi connectivity index (χ4v) is 2.80. The zero-order valence-electron chi connectivity index (χ0n) is 9.65. The molecule has 2 unspecified atom stereocenters. The minimum absolute atomic E-state index is 0.555. The van der Waals surface area contributed by atoms with E-state index in [2.05, 4.69) is 17.9 Å². The molecule has 0 aliphatic carbocycles. The summed E-state index contributed by atoms with van der Waals surface area (Å²) < 4.78 is 5.80. The van der Waals surface area contributed by atoms with E-state index in [1.165, 1.54) is 18.5 Å². The first-order valence-corrected chi connectivity index (χ1v) is 6.03. The van der Waals surface area contributed by atoms with Crippen molar-refractivity contribution < 1.29 is 4.74 Å². The predicted octanol–water partition coefficient (Wildman–Crippen LogP) is 2.27. The van der Waals surface area contributed by atoms with E-state index in [0.717, 1.165) is 30.5 Å². The van der Waals surface area contributed by atoms with E-state index in [1.54, 1.807) is 0 Å². The molecule has 0 radical (unpaired) electrons. The fraction of sp³-hybridized carbons (Fsp3) is 0.538. The first-order valence-electron chi connectivity index (χ1n) is 6.03. The molecule has 0 saturated carbocycles. The Balaban J connectivity index is 1.94. The molecule has 2 aliphatic heterocycles. The second kappa shape index (κ2) is 3.58. The molecule has 1 aromatic carbocycles. The Morgan fingerprint density at radius 2 is 2.31 bits per heavy atom. The van der Waals surface area contributed by atoms with Crippen molar-refractivity contribution in [2.24, 2.45) is 5.92 Å². The van der Waals surface area contributed by atoms with Crippen LogP contribution in [-0.2, 0) is 0 Å². The molecular formula is C13H18N2O. The minimum Gasteiger partial charge on any atom is -0.489 e. The van der Waals surface area contributed by atoms with E-state index < -0.39 is 0 Å². The van der Waals surface area contributed by atoms with Crippen LogP contribution in [0.3, 0.4) is 0 Å². The van der Waals surface area contributed by atoms with E-state index in [1.807, 2.05) is 12.1 Å². The number of fused-ring (bicyclic) bond motifs is 3. The lowest BCUT2D eigenvalue weighted by Gasteiger charge is -2.43. The Kier molecular flexibility index (Phi) is 2.20. The van der Waals surface area contributed by atoms with Crippen LogP contribution in [0.1, 0.15) is 19.8 Å². The topological polar surface area (TPSA) is 38.5 Å². The van der Waals surface area contributed by atoms with Crippen LogP contribution >= 0.6 is 0 Å². The van der Waals surface area contributed by atoms with E-state index in [0.29, 0.717) is 6.04 Å². The summed E-state index contributed by atoms with van der Waals surface area (Å²) in [6.07, 6.45) is 2.52. The highest BCUT2D eigenvalue weighted by atomic mass is 16.5. The van der Waals surface area contributed by atoms with Crippen molar-refractivity contribution in [1.82, 2.24) is 0 Å². The summed E-state index contributed by atoms with van der Waals surface area (Å²) in [5.41, 5.74) is 7.77. The molecule has 2 atom stereocenters. The molecule has 0 aromatic heterocycles. The van der Waals surface area contributed by atoms with Gasteiger partial charge in [0.15, 0.2) is 0 Å². The average Bonchev–Trinajstić information content (AvgIpc) is 2.28. The Morgan fingerprint density at radius 1 is 1.44 bits per heavy atom. The van der Waals surface area contributed by atoms with Crippen LogP contribution in [0.2, 0.25) is 0 Å². The third-order valence-corrected chi connectivity index (χ3v) is 3.70. The van der Waals surface area contributed by atoms with Gasteiger partial charge in [-0.1, -0.05) is 6.92 Å². The van der Waals surface area contributed by atoms with Gasteiger partial charge in [0.1, 0.15) is 12.4 Å². The van der Waals surface area contributed by atoms with Crippen molar-refractivity contribution in [3.05, 3.63) is 18.2 Å². The second-order valence-electron chi connectivity index (χ2n) is 5.01. The van der Waals surface area contributed by atoms with Gasteiger partial charge in [-0.05, 0) is 30.9 Å². The number of hydrogen-bond acceptors (Lipinski definition) is 3. The highest BCUT2D eigenvalue weighted by Gasteiger charge is 2.32. The second-order valence-corrected chi connectivity index (χ2v) is 5.01. The van der Waals surface area contributed by atoms with Crippen molar-refractivity contribution in [3.8, 4) is 5.75 Å². The lowest BCUT2D eigenvalue weighted by Crippen LogP contribution is -2.48. The van der Waals surface area contributed by atoms with Crippen LogP contribution in [0.4, 0.5) is 11.4 Å². The number of rotatable bonds is 0. The third kappa shape index (κ3) is 1.51. The molecule has 16 heavy (non-hydrogen) atoms. The van der Waals surface area contributed by atoms with Gasteiger partial charge >= 0.3 is 0 Å². The third-order valence-electron chi connectivity index (χ3n) is 3.70. The molecule has 1 fully saturated rings. The standard InChI is InChI=1S/C13H18N2O/c1-9-4-5-15-11(6-9)8-16-13-7-10(14)2-3-12(13)15/h2-3,7,9,11H,4-6,8,14H2,1H3. The molecule has 3 heteroatoms. The smallest absolute Gasteiger partial charge is 0.144 e. The molecule has 1 saturated heterocycles. The molecule has 3 nitrogen and oxygen atoms in total. The summed E-state index contributed by atoms with van der Waals surface area (Å²) in [6.45, 7) is 4.28. The molecule has 86 valence electrons. The van der Waals surface area contributed by atoms with Gasteiger partial charge in [-0.15, -0.1) is 0 Å². The molecule has 2 aliphatic rings. The molecule has 0 bridgehead atoms. The molecule has 2 heterocycles. The van der Waals surface area contributed by atoms with Gasteiger partial charge in [0.25, 0.3) is 0 Å². The zero-order chi connectivity index (χ0) is 11.1.